The van der Waals surface area contributed by atoms with Gasteiger partial charge in [-0.1, -0.05) is 19.8 Å². The standard InChI is InChI=1S/C22H42N6O2/c1-20(18-26-13-15-30-16-14-26)17-24-22(23-2)28-11-9-25(10-12-28)19-21(29)27-7-5-3-4-6-8-27/h20H,3-19H2,1-2H3,(H,23,24). The van der Waals surface area contributed by atoms with E-state index in [1.54, 1.807) is 0 Å². The molecule has 1 N–H and O–H groups in total. The molecule has 1 atom stereocenters. The average molecular weight is 423 g/mol. The maximum absolute atomic E-state index is 12.7. The van der Waals surface area contributed by atoms with Gasteiger partial charge in [-0.25, -0.2) is 0 Å². The Labute approximate surface area is 182 Å². The summed E-state index contributed by atoms with van der Waals surface area (Å²) in [6.45, 7) is 14.2. The number of aliphatic imine (C=N–C) groups is 1. The zero-order chi connectivity index (χ0) is 21.2. The summed E-state index contributed by atoms with van der Waals surface area (Å²) < 4.78 is 5.44. The van der Waals surface area contributed by atoms with Crippen LogP contribution in [0.25, 0.3) is 0 Å². The molecule has 8 heteroatoms. The van der Waals surface area contributed by atoms with E-state index in [1.165, 1.54) is 12.8 Å². The summed E-state index contributed by atoms with van der Waals surface area (Å²) in [5.41, 5.74) is 0. The van der Waals surface area contributed by atoms with Crippen molar-refractivity contribution in [2.45, 2.75) is 32.6 Å². The Balaban J connectivity index is 1.35. The van der Waals surface area contributed by atoms with Crippen LogP contribution in [0.3, 0.4) is 0 Å². The van der Waals surface area contributed by atoms with Crippen LogP contribution < -0.4 is 5.32 Å². The number of carbonyl (C=O) groups is 1. The van der Waals surface area contributed by atoms with Gasteiger partial charge in [0.2, 0.25) is 5.91 Å². The molecule has 0 saturated carbocycles. The second-order valence-corrected chi connectivity index (χ2v) is 9.00. The average Bonchev–Trinajstić information content (AvgIpc) is 3.06. The van der Waals surface area contributed by atoms with Crippen molar-refractivity contribution in [3.8, 4) is 0 Å². The first-order valence-corrected chi connectivity index (χ1v) is 11.9. The molecule has 0 aromatic heterocycles. The molecule has 3 heterocycles. The number of nitrogens with one attached hydrogen (secondary N) is 1. The fraction of sp³-hybridized carbons (Fsp3) is 0.909. The number of carbonyl (C=O) groups excluding carboxylic acids is 1. The molecular weight excluding hydrogens is 380 g/mol. The van der Waals surface area contributed by atoms with Gasteiger partial charge in [-0.05, 0) is 18.8 Å². The molecule has 8 nitrogen and oxygen atoms in total. The maximum atomic E-state index is 12.7. The highest BCUT2D eigenvalue weighted by atomic mass is 16.5. The van der Waals surface area contributed by atoms with Crippen LogP contribution in [0.2, 0.25) is 0 Å². The third-order valence-electron chi connectivity index (χ3n) is 6.48. The van der Waals surface area contributed by atoms with Gasteiger partial charge in [-0.3, -0.25) is 19.6 Å². The molecule has 3 aliphatic heterocycles. The lowest BCUT2D eigenvalue weighted by Gasteiger charge is -2.37. The monoisotopic (exact) mass is 422 g/mol. The topological polar surface area (TPSA) is 63.7 Å². The molecule has 0 bridgehead atoms. The molecule has 0 aromatic rings. The number of morpholine rings is 1. The third kappa shape index (κ3) is 7.39. The van der Waals surface area contributed by atoms with Crippen LogP contribution in [0, 0.1) is 5.92 Å². The van der Waals surface area contributed by atoms with Gasteiger partial charge >= 0.3 is 0 Å². The SMILES string of the molecule is CN=C(NCC(C)CN1CCOCC1)N1CCN(CC(=O)N2CCCCCC2)CC1. The fourth-order valence-electron chi connectivity index (χ4n) is 4.62. The Morgan fingerprint density at radius 3 is 2.20 bits per heavy atom. The minimum Gasteiger partial charge on any atom is -0.379 e. The van der Waals surface area contributed by atoms with Crippen LogP contribution in [-0.4, -0.2) is 124 Å². The van der Waals surface area contributed by atoms with Crippen LogP contribution in [0.15, 0.2) is 4.99 Å². The van der Waals surface area contributed by atoms with Gasteiger partial charge in [-0.2, -0.15) is 0 Å². The van der Waals surface area contributed by atoms with E-state index in [4.69, 9.17) is 4.74 Å². The van der Waals surface area contributed by atoms with Crippen molar-refractivity contribution in [2.24, 2.45) is 10.9 Å². The molecule has 0 aliphatic carbocycles. The number of hydrogen-bond donors (Lipinski definition) is 1. The lowest BCUT2D eigenvalue weighted by Crippen LogP contribution is -2.54. The Morgan fingerprint density at radius 1 is 0.900 bits per heavy atom. The molecule has 172 valence electrons. The highest BCUT2D eigenvalue weighted by molar-refractivity contribution is 5.80. The minimum atomic E-state index is 0.310. The highest BCUT2D eigenvalue weighted by Gasteiger charge is 2.24. The van der Waals surface area contributed by atoms with Crippen molar-refractivity contribution in [1.82, 2.24) is 24.9 Å². The van der Waals surface area contributed by atoms with Crippen molar-refractivity contribution in [2.75, 3.05) is 92.3 Å². The third-order valence-corrected chi connectivity index (χ3v) is 6.48. The van der Waals surface area contributed by atoms with Crippen molar-refractivity contribution in [1.29, 1.82) is 0 Å². The molecule has 3 rings (SSSR count). The number of amides is 1. The van der Waals surface area contributed by atoms with E-state index in [9.17, 15) is 4.79 Å². The van der Waals surface area contributed by atoms with Gasteiger partial charge < -0.3 is 19.9 Å². The smallest absolute Gasteiger partial charge is 0.236 e. The van der Waals surface area contributed by atoms with Gasteiger partial charge in [0.05, 0.1) is 19.8 Å². The Morgan fingerprint density at radius 2 is 1.57 bits per heavy atom. The summed E-state index contributed by atoms with van der Waals surface area (Å²) >= 11 is 0. The van der Waals surface area contributed by atoms with E-state index in [2.05, 4.69) is 36.8 Å². The minimum absolute atomic E-state index is 0.310. The summed E-state index contributed by atoms with van der Waals surface area (Å²) in [6.07, 6.45) is 4.84. The van der Waals surface area contributed by atoms with Crippen molar-refractivity contribution in [3.05, 3.63) is 0 Å². The summed E-state index contributed by atoms with van der Waals surface area (Å²) in [5.74, 6) is 1.86. The molecule has 0 radical (unpaired) electrons. The van der Waals surface area contributed by atoms with E-state index in [-0.39, 0.29) is 0 Å². The summed E-state index contributed by atoms with van der Waals surface area (Å²) in [7, 11) is 1.87. The molecule has 3 aliphatic rings. The molecule has 0 aromatic carbocycles. The van der Waals surface area contributed by atoms with Crippen LogP contribution in [0.4, 0.5) is 0 Å². The second kappa shape index (κ2) is 12.5. The number of ether oxygens (including phenoxy) is 1. The summed E-state index contributed by atoms with van der Waals surface area (Å²) in [6, 6.07) is 0. The van der Waals surface area contributed by atoms with Crippen LogP contribution in [0.5, 0.6) is 0 Å². The van der Waals surface area contributed by atoms with Crippen LogP contribution in [-0.2, 0) is 9.53 Å². The molecule has 1 amide bonds. The predicted octanol–water partition coefficient (Wildman–Crippen LogP) is 0.550. The number of hydrogen-bond acceptors (Lipinski definition) is 5. The fourth-order valence-corrected chi connectivity index (χ4v) is 4.62. The molecular formula is C22H42N6O2. The van der Waals surface area contributed by atoms with E-state index < -0.39 is 0 Å². The zero-order valence-electron chi connectivity index (χ0n) is 19.2. The van der Waals surface area contributed by atoms with Gasteiger partial charge in [0.1, 0.15) is 0 Å². The molecule has 3 saturated heterocycles. The lowest BCUT2D eigenvalue weighted by molar-refractivity contribution is -0.132. The molecule has 0 spiro atoms. The Hall–Kier alpha value is -1.38. The summed E-state index contributed by atoms with van der Waals surface area (Å²) in [4.78, 5) is 26.4. The second-order valence-electron chi connectivity index (χ2n) is 9.00. The lowest BCUT2D eigenvalue weighted by atomic mass is 10.1. The van der Waals surface area contributed by atoms with Gasteiger partial charge in [-0.15, -0.1) is 0 Å². The van der Waals surface area contributed by atoms with Gasteiger partial charge in [0.15, 0.2) is 5.96 Å². The number of piperazine rings is 1. The first-order chi connectivity index (χ1) is 14.7. The largest absolute Gasteiger partial charge is 0.379 e. The molecule has 30 heavy (non-hydrogen) atoms. The first-order valence-electron chi connectivity index (χ1n) is 11.9. The highest BCUT2D eigenvalue weighted by Crippen LogP contribution is 2.11. The number of likely N-dealkylation sites (tertiary alicyclic amines) is 1. The van der Waals surface area contributed by atoms with Crippen molar-refractivity contribution in [3.63, 3.8) is 0 Å². The Bertz CT molecular complexity index is 536. The Kier molecular flexibility index (Phi) is 9.68. The van der Waals surface area contributed by atoms with E-state index in [0.29, 0.717) is 18.4 Å². The van der Waals surface area contributed by atoms with Crippen LogP contribution >= 0.6 is 0 Å². The molecule has 1 unspecified atom stereocenters. The first kappa shape index (κ1) is 23.3. The maximum Gasteiger partial charge on any atom is 0.236 e. The number of guanidine groups is 1. The predicted molar refractivity (Wildman–Crippen MR) is 121 cm³/mol. The zero-order valence-corrected chi connectivity index (χ0v) is 19.2. The number of rotatable bonds is 6. The van der Waals surface area contributed by atoms with Gasteiger partial charge in [0.25, 0.3) is 0 Å². The van der Waals surface area contributed by atoms with E-state index in [1.807, 2.05) is 7.05 Å². The summed E-state index contributed by atoms with van der Waals surface area (Å²) in [5, 5.41) is 3.57. The van der Waals surface area contributed by atoms with Crippen molar-refractivity contribution >= 4 is 11.9 Å². The van der Waals surface area contributed by atoms with E-state index >= 15 is 0 Å². The number of nitrogens with zero attached hydrogens (tertiary/aromatic N) is 5. The quantitative estimate of drug-likeness (QED) is 0.498. The van der Waals surface area contributed by atoms with E-state index in [0.717, 1.165) is 97.5 Å². The van der Waals surface area contributed by atoms with Gasteiger partial charge in [0, 0.05) is 72.5 Å². The van der Waals surface area contributed by atoms with Crippen LogP contribution in [0.1, 0.15) is 32.6 Å². The van der Waals surface area contributed by atoms with Crippen molar-refractivity contribution < 1.29 is 9.53 Å². The normalized spacial score (nSPS) is 23.9. The molecule has 3 fully saturated rings.